The van der Waals surface area contributed by atoms with Crippen LogP contribution in [0.2, 0.25) is 0 Å². The molecule has 5 rings (SSSR count). The van der Waals surface area contributed by atoms with Crippen molar-refractivity contribution in [1.82, 2.24) is 10.2 Å². The van der Waals surface area contributed by atoms with E-state index >= 15 is 0 Å². The molecule has 0 saturated heterocycles. The van der Waals surface area contributed by atoms with Gasteiger partial charge in [-0.15, -0.1) is 11.3 Å². The number of hydrogen-bond donors (Lipinski definition) is 1. The van der Waals surface area contributed by atoms with Crippen molar-refractivity contribution in [3.8, 4) is 11.3 Å². The van der Waals surface area contributed by atoms with E-state index < -0.39 is 0 Å². The first-order valence-corrected chi connectivity index (χ1v) is 8.07. The predicted molar refractivity (Wildman–Crippen MR) is 94.4 cm³/mol. The van der Waals surface area contributed by atoms with Crippen molar-refractivity contribution >= 4 is 42.4 Å². The molecule has 22 heavy (non-hydrogen) atoms. The van der Waals surface area contributed by atoms with Gasteiger partial charge in [0.25, 0.3) is 0 Å². The first-order valence-electron chi connectivity index (χ1n) is 7.25. The summed E-state index contributed by atoms with van der Waals surface area (Å²) < 4.78 is 2.63. The molecule has 3 heteroatoms. The van der Waals surface area contributed by atoms with Crippen LogP contribution in [0.4, 0.5) is 0 Å². The molecule has 2 aromatic heterocycles. The van der Waals surface area contributed by atoms with Gasteiger partial charge in [-0.25, -0.2) is 0 Å². The lowest BCUT2D eigenvalue weighted by Crippen LogP contribution is -1.79. The summed E-state index contributed by atoms with van der Waals surface area (Å²) in [5.74, 6) is 0. The van der Waals surface area contributed by atoms with E-state index in [1.165, 1.54) is 31.1 Å². The van der Waals surface area contributed by atoms with Gasteiger partial charge in [-0.1, -0.05) is 54.6 Å². The Morgan fingerprint density at radius 3 is 2.45 bits per heavy atom. The average Bonchev–Trinajstić information content (AvgIpc) is 3.16. The van der Waals surface area contributed by atoms with Gasteiger partial charge in [0.15, 0.2) is 0 Å². The Morgan fingerprint density at radius 2 is 1.50 bits per heavy atom. The van der Waals surface area contributed by atoms with Crippen LogP contribution in [0.3, 0.4) is 0 Å². The summed E-state index contributed by atoms with van der Waals surface area (Å²) in [6.45, 7) is 0. The Balaban J connectivity index is 1.92. The zero-order valence-corrected chi connectivity index (χ0v) is 12.5. The van der Waals surface area contributed by atoms with Crippen LogP contribution in [0, 0.1) is 0 Å². The van der Waals surface area contributed by atoms with Crippen molar-refractivity contribution in [2.24, 2.45) is 0 Å². The summed E-state index contributed by atoms with van der Waals surface area (Å²) in [6.07, 6.45) is 0. The summed E-state index contributed by atoms with van der Waals surface area (Å²) in [7, 11) is 0. The number of aromatic nitrogens is 2. The van der Waals surface area contributed by atoms with Gasteiger partial charge in [-0.2, -0.15) is 5.10 Å². The van der Waals surface area contributed by atoms with Gasteiger partial charge < -0.3 is 0 Å². The third-order valence-electron chi connectivity index (χ3n) is 4.13. The van der Waals surface area contributed by atoms with E-state index in [-0.39, 0.29) is 0 Å². The van der Waals surface area contributed by atoms with Crippen LogP contribution in [-0.2, 0) is 0 Å². The quantitative estimate of drug-likeness (QED) is 0.429. The van der Waals surface area contributed by atoms with Gasteiger partial charge in [-0.05, 0) is 12.1 Å². The van der Waals surface area contributed by atoms with Crippen LogP contribution < -0.4 is 0 Å². The lowest BCUT2D eigenvalue weighted by molar-refractivity contribution is 1.12. The van der Waals surface area contributed by atoms with Gasteiger partial charge >= 0.3 is 0 Å². The molecule has 0 saturated carbocycles. The molecular formula is C19H12N2S. The molecule has 0 aliphatic rings. The third kappa shape index (κ3) is 1.57. The summed E-state index contributed by atoms with van der Waals surface area (Å²) >= 11 is 1.84. The standard InChI is InChI=1S/C19H12N2S/c1-3-10-16-14(7-1)18(21-20-16)15-9-5-8-13-12-6-2-4-11-17(12)22-19(13)15/h1-11H,(H,20,21). The van der Waals surface area contributed by atoms with Gasteiger partial charge in [0.1, 0.15) is 5.69 Å². The first-order chi connectivity index (χ1) is 10.9. The maximum Gasteiger partial charge on any atom is 0.101 e. The lowest BCUT2D eigenvalue weighted by Gasteiger charge is -2.00. The fourth-order valence-electron chi connectivity index (χ4n) is 3.10. The summed E-state index contributed by atoms with van der Waals surface area (Å²) in [6, 6.07) is 23.4. The molecule has 0 radical (unpaired) electrons. The van der Waals surface area contributed by atoms with E-state index in [0.717, 1.165) is 11.2 Å². The highest BCUT2D eigenvalue weighted by Gasteiger charge is 2.13. The molecular weight excluding hydrogens is 288 g/mol. The van der Waals surface area contributed by atoms with Gasteiger partial charge in [-0.3, -0.25) is 5.10 Å². The van der Waals surface area contributed by atoms with E-state index in [4.69, 9.17) is 0 Å². The van der Waals surface area contributed by atoms with Crippen LogP contribution in [0.1, 0.15) is 0 Å². The number of nitrogens with one attached hydrogen (secondary N) is 1. The van der Waals surface area contributed by atoms with Crippen LogP contribution in [0.15, 0.2) is 66.7 Å². The number of thiophene rings is 1. The zero-order chi connectivity index (χ0) is 14.5. The average molecular weight is 300 g/mol. The summed E-state index contributed by atoms with van der Waals surface area (Å²) in [5, 5.41) is 11.5. The molecule has 0 spiro atoms. The van der Waals surface area contributed by atoms with E-state index in [1.807, 2.05) is 17.4 Å². The highest BCUT2D eigenvalue weighted by atomic mass is 32.1. The number of benzene rings is 3. The second-order valence-electron chi connectivity index (χ2n) is 5.40. The second-order valence-corrected chi connectivity index (χ2v) is 6.45. The highest BCUT2D eigenvalue weighted by molar-refractivity contribution is 7.26. The maximum absolute atomic E-state index is 4.57. The van der Waals surface area contributed by atoms with Crippen LogP contribution in [0.5, 0.6) is 0 Å². The van der Waals surface area contributed by atoms with Crippen molar-refractivity contribution in [3.63, 3.8) is 0 Å². The molecule has 0 aliphatic heterocycles. The topological polar surface area (TPSA) is 28.7 Å². The van der Waals surface area contributed by atoms with E-state index in [1.54, 1.807) is 0 Å². The Bertz CT molecular complexity index is 1130. The van der Waals surface area contributed by atoms with Crippen molar-refractivity contribution < 1.29 is 0 Å². The molecule has 0 fully saturated rings. The normalized spacial score (nSPS) is 11.6. The third-order valence-corrected chi connectivity index (χ3v) is 5.35. The monoisotopic (exact) mass is 300 g/mol. The maximum atomic E-state index is 4.57. The minimum Gasteiger partial charge on any atom is -0.277 e. The fourth-order valence-corrected chi connectivity index (χ4v) is 4.32. The van der Waals surface area contributed by atoms with Crippen molar-refractivity contribution in [2.45, 2.75) is 0 Å². The lowest BCUT2D eigenvalue weighted by atomic mass is 10.0. The number of rotatable bonds is 1. The number of fused-ring (bicyclic) bond motifs is 4. The second kappa shape index (κ2) is 4.42. The van der Waals surface area contributed by atoms with Crippen LogP contribution >= 0.6 is 11.3 Å². The fraction of sp³-hybridized carbons (Fsp3) is 0. The SMILES string of the molecule is c1ccc2c(-c3cccc4c3sc3ccccc34)n[nH]c2c1. The van der Waals surface area contributed by atoms with Crippen molar-refractivity contribution in [2.75, 3.05) is 0 Å². The molecule has 0 unspecified atom stereocenters. The van der Waals surface area contributed by atoms with Crippen molar-refractivity contribution in [1.29, 1.82) is 0 Å². The first kappa shape index (κ1) is 12.0. The zero-order valence-electron chi connectivity index (χ0n) is 11.7. The molecule has 3 aromatic carbocycles. The molecule has 0 amide bonds. The molecule has 2 nitrogen and oxygen atoms in total. The molecule has 104 valence electrons. The molecule has 1 N–H and O–H groups in total. The summed E-state index contributed by atoms with van der Waals surface area (Å²) in [4.78, 5) is 0. The number of nitrogens with zero attached hydrogens (tertiary/aromatic N) is 1. The van der Waals surface area contributed by atoms with E-state index in [2.05, 4.69) is 70.9 Å². The smallest absolute Gasteiger partial charge is 0.101 e. The van der Waals surface area contributed by atoms with Gasteiger partial charge in [0, 0.05) is 31.1 Å². The van der Waals surface area contributed by atoms with Crippen molar-refractivity contribution in [3.05, 3.63) is 66.7 Å². The highest BCUT2D eigenvalue weighted by Crippen LogP contribution is 2.40. The van der Waals surface area contributed by atoms with Crippen LogP contribution in [-0.4, -0.2) is 10.2 Å². The number of H-pyrrole nitrogens is 1. The number of aromatic amines is 1. The Hall–Kier alpha value is -2.65. The minimum absolute atomic E-state index is 1.03. The number of hydrogen-bond acceptors (Lipinski definition) is 2. The Kier molecular flexibility index (Phi) is 2.40. The summed E-state index contributed by atoms with van der Waals surface area (Å²) in [5.41, 5.74) is 3.32. The number of para-hydroxylation sites is 1. The molecule has 2 heterocycles. The minimum atomic E-state index is 1.03. The Morgan fingerprint density at radius 1 is 0.727 bits per heavy atom. The van der Waals surface area contributed by atoms with Gasteiger partial charge in [0.05, 0.1) is 5.52 Å². The Labute approximate surface area is 131 Å². The molecule has 5 aromatic rings. The largest absolute Gasteiger partial charge is 0.277 e. The van der Waals surface area contributed by atoms with E-state index in [9.17, 15) is 0 Å². The predicted octanol–water partition coefficient (Wildman–Crippen LogP) is 5.60. The van der Waals surface area contributed by atoms with E-state index in [0.29, 0.717) is 0 Å². The molecule has 0 atom stereocenters. The van der Waals surface area contributed by atoms with Gasteiger partial charge in [0.2, 0.25) is 0 Å². The molecule has 0 bridgehead atoms. The van der Waals surface area contributed by atoms with Crippen LogP contribution in [0.25, 0.3) is 42.3 Å². The molecule has 0 aliphatic carbocycles.